The standard InChI is InChI=1S/C20H17N7/c1-2-27-17-10-6-4-8-15(17)18-19(27)23-20(26-24-18)25-22-12-13-11-21-16-9-5-3-7-14(13)16/h3-11,21H,2,12H2,1H3. The highest BCUT2D eigenvalue weighted by molar-refractivity contribution is 6.04. The summed E-state index contributed by atoms with van der Waals surface area (Å²) in [6, 6.07) is 16.3. The molecule has 7 heteroatoms. The molecule has 0 amide bonds. The van der Waals surface area contributed by atoms with Crippen molar-refractivity contribution in [1.82, 2.24) is 24.7 Å². The Morgan fingerprint density at radius 1 is 1.00 bits per heavy atom. The highest BCUT2D eigenvalue weighted by Gasteiger charge is 2.13. The van der Waals surface area contributed by atoms with Crippen molar-refractivity contribution in [2.45, 2.75) is 20.0 Å². The molecule has 0 aliphatic carbocycles. The molecule has 0 spiro atoms. The van der Waals surface area contributed by atoms with Gasteiger partial charge in [0.25, 0.3) is 5.95 Å². The van der Waals surface area contributed by atoms with Gasteiger partial charge < -0.3 is 9.55 Å². The monoisotopic (exact) mass is 355 g/mol. The first-order valence-corrected chi connectivity index (χ1v) is 8.89. The van der Waals surface area contributed by atoms with Crippen LogP contribution in [0.15, 0.2) is 65.0 Å². The van der Waals surface area contributed by atoms with Gasteiger partial charge in [0.15, 0.2) is 5.65 Å². The molecule has 0 aliphatic heterocycles. The maximum Gasteiger partial charge on any atom is 0.289 e. The summed E-state index contributed by atoms with van der Waals surface area (Å²) in [4.78, 5) is 7.83. The molecule has 0 fully saturated rings. The number of azo groups is 1. The van der Waals surface area contributed by atoms with Gasteiger partial charge in [-0.05, 0) is 19.1 Å². The average Bonchev–Trinajstić information content (AvgIpc) is 3.26. The van der Waals surface area contributed by atoms with E-state index in [1.807, 2.05) is 42.6 Å². The lowest BCUT2D eigenvalue weighted by Crippen LogP contribution is -1.96. The zero-order valence-corrected chi connectivity index (χ0v) is 14.8. The summed E-state index contributed by atoms with van der Waals surface area (Å²) in [7, 11) is 0. The van der Waals surface area contributed by atoms with Gasteiger partial charge in [0.05, 0.1) is 12.1 Å². The zero-order valence-electron chi connectivity index (χ0n) is 14.8. The normalized spacial score (nSPS) is 12.0. The number of para-hydroxylation sites is 2. The maximum absolute atomic E-state index is 4.59. The van der Waals surface area contributed by atoms with E-state index >= 15 is 0 Å². The van der Waals surface area contributed by atoms with Gasteiger partial charge in [0, 0.05) is 34.6 Å². The Bertz CT molecular complexity index is 1300. The van der Waals surface area contributed by atoms with Crippen LogP contribution in [-0.4, -0.2) is 24.7 Å². The van der Waals surface area contributed by atoms with Crippen LogP contribution in [-0.2, 0) is 13.1 Å². The molecule has 1 N–H and O–H groups in total. The molecule has 0 saturated heterocycles. The van der Waals surface area contributed by atoms with Gasteiger partial charge in [-0.25, -0.2) is 0 Å². The predicted molar refractivity (Wildman–Crippen MR) is 105 cm³/mol. The first-order valence-electron chi connectivity index (χ1n) is 8.89. The molecule has 0 saturated carbocycles. The van der Waals surface area contributed by atoms with Crippen molar-refractivity contribution >= 4 is 38.9 Å². The number of H-pyrrole nitrogens is 1. The first kappa shape index (κ1) is 15.6. The van der Waals surface area contributed by atoms with Crippen molar-refractivity contribution < 1.29 is 0 Å². The number of fused-ring (bicyclic) bond motifs is 4. The van der Waals surface area contributed by atoms with Gasteiger partial charge in [-0.1, -0.05) is 36.4 Å². The second kappa shape index (κ2) is 6.28. The van der Waals surface area contributed by atoms with E-state index in [0.29, 0.717) is 6.54 Å². The summed E-state index contributed by atoms with van der Waals surface area (Å²) < 4.78 is 2.12. The number of rotatable bonds is 4. The van der Waals surface area contributed by atoms with Crippen LogP contribution in [0.2, 0.25) is 0 Å². The Morgan fingerprint density at radius 2 is 1.81 bits per heavy atom. The smallest absolute Gasteiger partial charge is 0.289 e. The van der Waals surface area contributed by atoms with Crippen LogP contribution in [0, 0.1) is 0 Å². The van der Waals surface area contributed by atoms with Gasteiger partial charge >= 0.3 is 0 Å². The second-order valence-corrected chi connectivity index (χ2v) is 6.30. The Labute approximate surface area is 154 Å². The van der Waals surface area contributed by atoms with Gasteiger partial charge in [0.2, 0.25) is 0 Å². The van der Waals surface area contributed by atoms with E-state index in [1.165, 1.54) is 0 Å². The Balaban J connectivity index is 1.50. The molecular formula is C20H17N7. The lowest BCUT2D eigenvalue weighted by atomic mass is 10.2. The van der Waals surface area contributed by atoms with Crippen molar-refractivity contribution in [3.8, 4) is 0 Å². The molecule has 3 aromatic heterocycles. The lowest BCUT2D eigenvalue weighted by molar-refractivity contribution is 0.807. The van der Waals surface area contributed by atoms with E-state index in [0.717, 1.165) is 45.1 Å². The van der Waals surface area contributed by atoms with Crippen molar-refractivity contribution in [1.29, 1.82) is 0 Å². The highest BCUT2D eigenvalue weighted by atomic mass is 15.3. The third-order valence-corrected chi connectivity index (χ3v) is 4.76. The Hall–Kier alpha value is -3.61. The van der Waals surface area contributed by atoms with Crippen LogP contribution in [0.5, 0.6) is 0 Å². The molecule has 2 aromatic carbocycles. The van der Waals surface area contributed by atoms with E-state index in [2.05, 4.69) is 54.0 Å². The summed E-state index contributed by atoms with van der Waals surface area (Å²) in [6.45, 7) is 3.35. The van der Waals surface area contributed by atoms with Gasteiger partial charge in [-0.3, -0.25) is 0 Å². The number of aryl methyl sites for hydroxylation is 1. The fourth-order valence-electron chi connectivity index (χ4n) is 3.50. The fourth-order valence-corrected chi connectivity index (χ4v) is 3.50. The lowest BCUT2D eigenvalue weighted by Gasteiger charge is -2.00. The quantitative estimate of drug-likeness (QED) is 0.472. The van der Waals surface area contributed by atoms with Crippen LogP contribution in [0.1, 0.15) is 12.5 Å². The third kappa shape index (κ3) is 2.55. The number of benzene rings is 2. The minimum absolute atomic E-state index is 0.278. The van der Waals surface area contributed by atoms with Crippen LogP contribution in [0.4, 0.5) is 5.95 Å². The Morgan fingerprint density at radius 3 is 2.70 bits per heavy atom. The van der Waals surface area contributed by atoms with Crippen LogP contribution < -0.4 is 0 Å². The molecule has 0 atom stereocenters. The highest BCUT2D eigenvalue weighted by Crippen LogP contribution is 2.26. The van der Waals surface area contributed by atoms with Crippen molar-refractivity contribution in [3.63, 3.8) is 0 Å². The topological polar surface area (TPSA) is 84.1 Å². The van der Waals surface area contributed by atoms with Crippen molar-refractivity contribution in [2.75, 3.05) is 0 Å². The van der Waals surface area contributed by atoms with Crippen molar-refractivity contribution in [2.24, 2.45) is 10.2 Å². The van der Waals surface area contributed by atoms with Gasteiger partial charge in [-0.2, -0.15) is 10.1 Å². The zero-order chi connectivity index (χ0) is 18.2. The Kier molecular flexibility index (Phi) is 3.64. The molecule has 0 bridgehead atoms. The summed E-state index contributed by atoms with van der Waals surface area (Å²) in [5.74, 6) is 0.278. The molecule has 27 heavy (non-hydrogen) atoms. The van der Waals surface area contributed by atoms with E-state index in [9.17, 15) is 0 Å². The third-order valence-electron chi connectivity index (χ3n) is 4.76. The minimum Gasteiger partial charge on any atom is -0.361 e. The molecular weight excluding hydrogens is 338 g/mol. The molecule has 132 valence electrons. The number of aromatic nitrogens is 5. The van der Waals surface area contributed by atoms with Gasteiger partial charge in [-0.15, -0.1) is 15.3 Å². The molecule has 7 nitrogen and oxygen atoms in total. The number of hydrogen-bond acceptors (Lipinski definition) is 5. The number of hydrogen-bond donors (Lipinski definition) is 1. The number of nitrogens with one attached hydrogen (secondary N) is 1. The molecule has 5 aromatic rings. The van der Waals surface area contributed by atoms with Crippen LogP contribution in [0.3, 0.4) is 0 Å². The minimum atomic E-state index is 0.278. The second-order valence-electron chi connectivity index (χ2n) is 6.30. The summed E-state index contributed by atoms with van der Waals surface area (Å²) in [6.07, 6.45) is 1.96. The van der Waals surface area contributed by atoms with Crippen molar-refractivity contribution in [3.05, 3.63) is 60.3 Å². The predicted octanol–water partition coefficient (Wildman–Crippen LogP) is 4.76. The molecule has 3 heterocycles. The van der Waals surface area contributed by atoms with E-state index in [4.69, 9.17) is 0 Å². The van der Waals surface area contributed by atoms with E-state index in [-0.39, 0.29) is 5.95 Å². The largest absolute Gasteiger partial charge is 0.361 e. The fraction of sp³-hybridized carbons (Fsp3) is 0.150. The summed E-state index contributed by atoms with van der Waals surface area (Å²) in [5, 5.41) is 19.2. The van der Waals surface area contributed by atoms with Crippen LogP contribution >= 0.6 is 0 Å². The van der Waals surface area contributed by atoms with E-state index in [1.54, 1.807) is 0 Å². The summed E-state index contributed by atoms with van der Waals surface area (Å²) >= 11 is 0. The van der Waals surface area contributed by atoms with Crippen LogP contribution in [0.25, 0.3) is 33.0 Å². The molecule has 0 unspecified atom stereocenters. The molecule has 5 rings (SSSR count). The average molecular weight is 355 g/mol. The first-order chi connectivity index (χ1) is 13.3. The summed E-state index contributed by atoms with van der Waals surface area (Å²) in [5.41, 5.74) is 4.86. The SMILES string of the molecule is CCn1c2ccccc2c2nnc(N=NCc3c[nH]c4ccccc34)nc21. The van der Waals surface area contributed by atoms with Gasteiger partial charge in [0.1, 0.15) is 5.52 Å². The number of aromatic amines is 1. The maximum atomic E-state index is 4.59. The van der Waals surface area contributed by atoms with E-state index < -0.39 is 0 Å². The molecule has 0 aliphatic rings. The number of nitrogens with zero attached hydrogens (tertiary/aromatic N) is 6. The molecule has 0 radical (unpaired) electrons.